The minimum absolute atomic E-state index is 0.557. The highest BCUT2D eigenvalue weighted by Crippen LogP contribution is 2.29. The summed E-state index contributed by atoms with van der Waals surface area (Å²) in [5.41, 5.74) is 1.73. The quantitative estimate of drug-likeness (QED) is 0.704. The molecule has 3 rings (SSSR count). The van der Waals surface area contributed by atoms with E-state index in [4.69, 9.17) is 11.6 Å². The van der Waals surface area contributed by atoms with Crippen molar-refractivity contribution >= 4 is 35.0 Å². The van der Waals surface area contributed by atoms with Crippen molar-refractivity contribution in [1.29, 1.82) is 0 Å². The second-order valence-electron chi connectivity index (χ2n) is 5.86. The zero-order chi connectivity index (χ0) is 17.8. The summed E-state index contributed by atoms with van der Waals surface area (Å²) in [5, 5.41) is 3.81. The summed E-state index contributed by atoms with van der Waals surface area (Å²) in [4.78, 5) is 20.4. The number of H-pyrrole nitrogens is 1. The van der Waals surface area contributed by atoms with E-state index in [1.807, 2.05) is 56.4 Å². The third kappa shape index (κ3) is 4.26. The molecule has 2 aromatic heterocycles. The number of imidazole rings is 1. The van der Waals surface area contributed by atoms with Gasteiger partial charge in [-0.25, -0.2) is 9.97 Å². The van der Waals surface area contributed by atoms with Crippen LogP contribution in [0.4, 0.5) is 23.4 Å². The van der Waals surface area contributed by atoms with Crippen molar-refractivity contribution in [1.82, 2.24) is 24.8 Å². The Balaban J connectivity index is 1.97. The maximum Gasteiger partial charge on any atom is 0.231 e. The fraction of sp³-hybridized carbons (Fsp3) is 0.235. The van der Waals surface area contributed by atoms with Crippen LogP contribution < -0.4 is 10.2 Å². The molecule has 0 unspecified atom stereocenters. The third-order valence-electron chi connectivity index (χ3n) is 3.50. The number of anilines is 4. The standard InChI is InChI=1S/C17H20ClN7/c1-24(2)11-12-10-15(22-16-19-8-9-20-16)23-17(21-12)25(3)14-7-5-4-6-13(14)18/h4-10H,11H2,1-3H3,(H2,19,20,21,22,23). The number of aromatic nitrogens is 4. The number of aromatic amines is 1. The highest BCUT2D eigenvalue weighted by Gasteiger charge is 2.14. The Morgan fingerprint density at radius 3 is 2.64 bits per heavy atom. The summed E-state index contributed by atoms with van der Waals surface area (Å²) in [6.45, 7) is 0.693. The summed E-state index contributed by atoms with van der Waals surface area (Å²) < 4.78 is 0. The molecule has 3 aromatic rings. The molecule has 7 nitrogen and oxygen atoms in total. The monoisotopic (exact) mass is 357 g/mol. The van der Waals surface area contributed by atoms with E-state index in [1.54, 1.807) is 12.4 Å². The van der Waals surface area contributed by atoms with Gasteiger partial charge in [0.2, 0.25) is 11.9 Å². The molecule has 0 aliphatic heterocycles. The molecule has 0 amide bonds. The first-order valence-electron chi connectivity index (χ1n) is 7.80. The Morgan fingerprint density at radius 1 is 1.16 bits per heavy atom. The molecule has 130 valence electrons. The van der Waals surface area contributed by atoms with Crippen molar-refractivity contribution in [2.45, 2.75) is 6.54 Å². The van der Waals surface area contributed by atoms with Crippen molar-refractivity contribution < 1.29 is 0 Å². The van der Waals surface area contributed by atoms with Crippen LogP contribution in [-0.4, -0.2) is 46.0 Å². The van der Waals surface area contributed by atoms with Crippen LogP contribution in [-0.2, 0) is 6.54 Å². The van der Waals surface area contributed by atoms with E-state index < -0.39 is 0 Å². The van der Waals surface area contributed by atoms with Gasteiger partial charge in [0, 0.05) is 32.1 Å². The van der Waals surface area contributed by atoms with Gasteiger partial charge in [-0.1, -0.05) is 23.7 Å². The lowest BCUT2D eigenvalue weighted by atomic mass is 10.3. The van der Waals surface area contributed by atoms with Gasteiger partial charge in [-0.2, -0.15) is 4.98 Å². The molecule has 25 heavy (non-hydrogen) atoms. The molecule has 0 radical (unpaired) electrons. The second kappa shape index (κ2) is 7.50. The van der Waals surface area contributed by atoms with Gasteiger partial charge < -0.3 is 20.1 Å². The molecule has 2 heterocycles. The first-order chi connectivity index (χ1) is 12.0. The van der Waals surface area contributed by atoms with Gasteiger partial charge in [0.25, 0.3) is 0 Å². The molecule has 0 bridgehead atoms. The maximum absolute atomic E-state index is 6.31. The SMILES string of the molecule is CN(C)Cc1cc(Nc2ncc[nH]2)nc(N(C)c2ccccc2Cl)n1. The zero-order valence-corrected chi connectivity index (χ0v) is 15.1. The zero-order valence-electron chi connectivity index (χ0n) is 14.4. The second-order valence-corrected chi connectivity index (χ2v) is 6.26. The predicted molar refractivity (Wildman–Crippen MR) is 101 cm³/mol. The van der Waals surface area contributed by atoms with Crippen molar-refractivity contribution in [3.8, 4) is 0 Å². The number of halogens is 1. The Bertz CT molecular complexity index is 833. The maximum atomic E-state index is 6.31. The van der Waals surface area contributed by atoms with Crippen molar-refractivity contribution in [2.24, 2.45) is 0 Å². The largest absolute Gasteiger partial charge is 0.331 e. The number of hydrogen-bond donors (Lipinski definition) is 2. The Morgan fingerprint density at radius 2 is 1.96 bits per heavy atom. The van der Waals surface area contributed by atoms with E-state index in [9.17, 15) is 0 Å². The first-order valence-corrected chi connectivity index (χ1v) is 8.18. The number of benzene rings is 1. The Hall–Kier alpha value is -2.64. The van der Waals surface area contributed by atoms with E-state index in [0.29, 0.717) is 29.3 Å². The van der Waals surface area contributed by atoms with Gasteiger partial charge in [-0.3, -0.25) is 0 Å². The fourth-order valence-corrected chi connectivity index (χ4v) is 2.65. The summed E-state index contributed by atoms with van der Waals surface area (Å²) in [6, 6.07) is 9.52. The van der Waals surface area contributed by atoms with E-state index >= 15 is 0 Å². The lowest BCUT2D eigenvalue weighted by molar-refractivity contribution is 0.397. The van der Waals surface area contributed by atoms with E-state index in [2.05, 4.69) is 30.2 Å². The number of para-hydroxylation sites is 1. The van der Waals surface area contributed by atoms with Gasteiger partial charge in [0.15, 0.2) is 0 Å². The molecule has 0 saturated carbocycles. The summed E-state index contributed by atoms with van der Waals surface area (Å²) in [6.07, 6.45) is 3.43. The van der Waals surface area contributed by atoms with Gasteiger partial charge in [-0.05, 0) is 26.2 Å². The molecule has 0 saturated heterocycles. The summed E-state index contributed by atoms with van der Waals surface area (Å²) in [5.74, 6) is 1.85. The molecular formula is C17H20ClN7. The molecule has 2 N–H and O–H groups in total. The number of nitrogens with zero attached hydrogens (tertiary/aromatic N) is 5. The smallest absolute Gasteiger partial charge is 0.231 e. The van der Waals surface area contributed by atoms with Crippen LogP contribution in [0.3, 0.4) is 0 Å². The molecule has 1 aromatic carbocycles. The Labute approximate surface area is 151 Å². The van der Waals surface area contributed by atoms with Crippen molar-refractivity contribution in [3.05, 3.63) is 53.4 Å². The number of nitrogens with one attached hydrogen (secondary N) is 2. The topological polar surface area (TPSA) is 73.0 Å². The van der Waals surface area contributed by atoms with E-state index in [-0.39, 0.29) is 0 Å². The molecule has 0 aliphatic rings. The lowest BCUT2D eigenvalue weighted by Crippen LogP contribution is -2.18. The van der Waals surface area contributed by atoms with Gasteiger partial charge in [0.1, 0.15) is 5.82 Å². The van der Waals surface area contributed by atoms with Crippen LogP contribution in [0.5, 0.6) is 0 Å². The normalized spacial score (nSPS) is 10.9. The van der Waals surface area contributed by atoms with Crippen LogP contribution in [0.1, 0.15) is 5.69 Å². The van der Waals surface area contributed by atoms with Crippen LogP contribution in [0.2, 0.25) is 5.02 Å². The molecule has 0 fully saturated rings. The molecule has 0 aliphatic carbocycles. The van der Waals surface area contributed by atoms with E-state index in [1.165, 1.54) is 0 Å². The average Bonchev–Trinajstić information content (AvgIpc) is 3.07. The minimum atomic E-state index is 0.557. The van der Waals surface area contributed by atoms with Gasteiger partial charge in [0.05, 0.1) is 16.4 Å². The van der Waals surface area contributed by atoms with Crippen molar-refractivity contribution in [2.75, 3.05) is 31.4 Å². The Kier molecular flexibility index (Phi) is 5.16. The third-order valence-corrected chi connectivity index (χ3v) is 3.82. The molecule has 0 spiro atoms. The molecule has 8 heteroatoms. The van der Waals surface area contributed by atoms with Crippen LogP contribution in [0, 0.1) is 0 Å². The number of rotatable bonds is 6. The van der Waals surface area contributed by atoms with E-state index in [0.717, 1.165) is 11.4 Å². The first kappa shape index (κ1) is 17.2. The van der Waals surface area contributed by atoms with Crippen molar-refractivity contribution in [3.63, 3.8) is 0 Å². The van der Waals surface area contributed by atoms with Gasteiger partial charge in [-0.15, -0.1) is 0 Å². The predicted octanol–water partition coefficient (Wildman–Crippen LogP) is 3.43. The fourth-order valence-electron chi connectivity index (χ4n) is 2.39. The van der Waals surface area contributed by atoms with Gasteiger partial charge >= 0.3 is 0 Å². The molecular weight excluding hydrogens is 338 g/mol. The highest BCUT2D eigenvalue weighted by atomic mass is 35.5. The molecule has 0 atom stereocenters. The highest BCUT2D eigenvalue weighted by molar-refractivity contribution is 6.33. The summed E-state index contributed by atoms with van der Waals surface area (Å²) in [7, 11) is 5.89. The van der Waals surface area contributed by atoms with Crippen LogP contribution >= 0.6 is 11.6 Å². The number of hydrogen-bond acceptors (Lipinski definition) is 6. The summed E-state index contributed by atoms with van der Waals surface area (Å²) >= 11 is 6.31. The minimum Gasteiger partial charge on any atom is -0.331 e. The van der Waals surface area contributed by atoms with Crippen LogP contribution in [0.25, 0.3) is 0 Å². The lowest BCUT2D eigenvalue weighted by Gasteiger charge is -2.20. The average molecular weight is 358 g/mol. The van der Waals surface area contributed by atoms with Crippen LogP contribution in [0.15, 0.2) is 42.7 Å².